The molecule has 6 nitrogen and oxygen atoms in total. The molecule has 6 atom stereocenters. The molecule has 5 aliphatic rings. The number of ketones is 2. The molecule has 1 unspecified atom stereocenters. The second-order valence-electron chi connectivity index (χ2n) is 8.78. The first-order valence-corrected chi connectivity index (χ1v) is 9.65. The summed E-state index contributed by atoms with van der Waals surface area (Å²) in [5.41, 5.74) is -2.14. The average Bonchev–Trinajstić information content (AvgIpc) is 2.94. The lowest BCUT2D eigenvalue weighted by Crippen LogP contribution is -2.70. The van der Waals surface area contributed by atoms with Crippen molar-refractivity contribution in [3.63, 3.8) is 0 Å². The van der Waals surface area contributed by atoms with Crippen LogP contribution in [0.3, 0.4) is 0 Å². The van der Waals surface area contributed by atoms with Crippen LogP contribution in [0.5, 0.6) is 0 Å². The van der Waals surface area contributed by atoms with Gasteiger partial charge in [-0.15, -0.1) is 0 Å². The van der Waals surface area contributed by atoms with Gasteiger partial charge in [0.2, 0.25) is 5.60 Å². The summed E-state index contributed by atoms with van der Waals surface area (Å²) < 4.78 is 6.30. The van der Waals surface area contributed by atoms with Crippen molar-refractivity contribution in [3.05, 3.63) is 35.1 Å². The monoisotopic (exact) mass is 371 g/mol. The van der Waals surface area contributed by atoms with Crippen LogP contribution in [0.4, 0.5) is 0 Å². The van der Waals surface area contributed by atoms with Gasteiger partial charge in [-0.1, -0.05) is 18.2 Å². The second-order valence-corrected chi connectivity index (χ2v) is 8.78. The summed E-state index contributed by atoms with van der Waals surface area (Å²) in [7, 11) is 2.09. The summed E-state index contributed by atoms with van der Waals surface area (Å²) in [6, 6.07) is 0.197. The lowest BCUT2D eigenvalue weighted by Gasteiger charge is -2.61. The Balaban J connectivity index is 1.86. The van der Waals surface area contributed by atoms with E-state index in [1.165, 1.54) is 13.8 Å². The molecule has 0 amide bonds. The lowest BCUT2D eigenvalue weighted by atomic mass is 9.46. The van der Waals surface area contributed by atoms with Gasteiger partial charge in [0.25, 0.3) is 0 Å². The molecule has 2 heterocycles. The zero-order chi connectivity index (χ0) is 19.4. The van der Waals surface area contributed by atoms with Crippen molar-refractivity contribution in [2.45, 2.75) is 56.5 Å². The molecule has 0 radical (unpaired) electrons. The van der Waals surface area contributed by atoms with Crippen LogP contribution in [-0.4, -0.2) is 63.6 Å². The Bertz CT molecular complexity index is 872. The molecule has 2 aliphatic heterocycles. The third kappa shape index (κ3) is 1.65. The number of likely N-dealkylation sites (tertiary alicyclic amines) is 1. The van der Waals surface area contributed by atoms with Crippen LogP contribution in [0.1, 0.15) is 33.1 Å². The van der Waals surface area contributed by atoms with Crippen LogP contribution in [0, 0.1) is 11.3 Å². The number of Topliss-reactive ketones (excluding diaryl/α,β-unsaturated/α-hetero) is 2. The predicted molar refractivity (Wildman–Crippen MR) is 96.6 cm³/mol. The predicted octanol–water partition coefficient (Wildman–Crippen LogP) is 0.890. The minimum Gasteiger partial charge on any atom is -0.476 e. The number of aliphatic hydroxyl groups is 2. The summed E-state index contributed by atoms with van der Waals surface area (Å²) in [6.45, 7) is 3.57. The fourth-order valence-corrected chi connectivity index (χ4v) is 6.46. The van der Waals surface area contributed by atoms with Crippen LogP contribution in [0.25, 0.3) is 0 Å². The van der Waals surface area contributed by atoms with Crippen molar-refractivity contribution in [3.8, 4) is 0 Å². The van der Waals surface area contributed by atoms with E-state index in [-0.39, 0.29) is 29.9 Å². The minimum absolute atomic E-state index is 0.0116. The van der Waals surface area contributed by atoms with E-state index in [1.54, 1.807) is 6.08 Å². The highest BCUT2D eigenvalue weighted by molar-refractivity contribution is 5.94. The molecule has 3 aliphatic carbocycles. The fraction of sp³-hybridized carbons (Fsp3) is 0.619. The standard InChI is InChI=1S/C21H25NO5/c1-11(23)20(26)7-6-13-10-15-14-4-5-16(25)21(12(2)24)19(14,8-9-22(15)3)17(13)18(20)27-21/h4-6,14-16,25-26H,7-10H2,1-3H3/t14-,15+,16-,19-,20?,21-/m0/s1. The van der Waals surface area contributed by atoms with Gasteiger partial charge in [0.05, 0.1) is 5.41 Å². The number of hydrogen-bond acceptors (Lipinski definition) is 6. The smallest absolute Gasteiger partial charge is 0.205 e. The van der Waals surface area contributed by atoms with Crippen LogP contribution in [0.2, 0.25) is 0 Å². The topological polar surface area (TPSA) is 87.1 Å². The maximum absolute atomic E-state index is 13.0. The zero-order valence-electron chi connectivity index (χ0n) is 15.9. The van der Waals surface area contributed by atoms with Gasteiger partial charge in [0, 0.05) is 24.0 Å². The van der Waals surface area contributed by atoms with E-state index in [0.717, 1.165) is 24.1 Å². The van der Waals surface area contributed by atoms with Crippen molar-refractivity contribution in [1.29, 1.82) is 0 Å². The van der Waals surface area contributed by atoms with Crippen LogP contribution in [-0.2, 0) is 14.3 Å². The summed E-state index contributed by atoms with van der Waals surface area (Å²) >= 11 is 0. The molecule has 144 valence electrons. The maximum Gasteiger partial charge on any atom is 0.205 e. The third-order valence-electron chi connectivity index (χ3n) is 7.80. The number of ether oxygens (including phenoxy) is 1. The molecule has 1 saturated heterocycles. The molecule has 6 heteroatoms. The molecule has 27 heavy (non-hydrogen) atoms. The SMILES string of the molecule is CC(=O)C1(O)CC=C2C[C@@H]3[C@@H]4C=C[C@H](O)[C@]5(C(C)=O)OC1=C2[C@]45CCN3C. The van der Waals surface area contributed by atoms with Gasteiger partial charge in [-0.3, -0.25) is 9.59 Å². The van der Waals surface area contributed by atoms with E-state index in [9.17, 15) is 19.8 Å². The Kier molecular flexibility index (Phi) is 3.20. The quantitative estimate of drug-likeness (QED) is 0.701. The highest BCUT2D eigenvalue weighted by atomic mass is 16.5. The molecule has 0 aromatic heterocycles. The Morgan fingerprint density at radius 1 is 1.26 bits per heavy atom. The van der Waals surface area contributed by atoms with Gasteiger partial charge in [-0.2, -0.15) is 0 Å². The molecule has 2 N–H and O–H groups in total. The van der Waals surface area contributed by atoms with Crippen LogP contribution in [0.15, 0.2) is 35.1 Å². The van der Waals surface area contributed by atoms with E-state index in [0.29, 0.717) is 6.42 Å². The van der Waals surface area contributed by atoms with Crippen molar-refractivity contribution in [2.24, 2.45) is 11.3 Å². The summed E-state index contributed by atoms with van der Waals surface area (Å²) in [5.74, 6) is -0.460. The first-order chi connectivity index (χ1) is 12.7. The molecular weight excluding hydrogens is 346 g/mol. The van der Waals surface area contributed by atoms with Crippen LogP contribution < -0.4 is 0 Å². The maximum atomic E-state index is 13.0. The molecule has 2 fully saturated rings. The van der Waals surface area contributed by atoms with E-state index in [2.05, 4.69) is 11.9 Å². The highest BCUT2D eigenvalue weighted by Crippen LogP contribution is 2.70. The minimum atomic E-state index is -1.77. The summed E-state index contributed by atoms with van der Waals surface area (Å²) in [4.78, 5) is 27.7. The first-order valence-electron chi connectivity index (χ1n) is 9.65. The fourth-order valence-electron chi connectivity index (χ4n) is 6.46. The molecule has 2 bridgehead atoms. The van der Waals surface area contributed by atoms with E-state index in [1.807, 2.05) is 12.2 Å². The Hall–Kier alpha value is -1.76. The zero-order valence-corrected chi connectivity index (χ0v) is 15.9. The number of hydrogen-bond donors (Lipinski definition) is 2. The van der Waals surface area contributed by atoms with Gasteiger partial charge in [0.1, 0.15) is 11.9 Å². The largest absolute Gasteiger partial charge is 0.476 e. The molecule has 1 spiro atoms. The molecule has 0 aromatic rings. The average molecular weight is 371 g/mol. The van der Waals surface area contributed by atoms with E-state index < -0.39 is 28.5 Å². The normalized spacial score (nSPS) is 47.3. The lowest BCUT2D eigenvalue weighted by molar-refractivity contribution is -0.187. The Morgan fingerprint density at radius 2 is 2.00 bits per heavy atom. The number of carbonyl (C=O) groups excluding carboxylic acids is 2. The molecular formula is C21H25NO5. The highest BCUT2D eigenvalue weighted by Gasteiger charge is 2.76. The second kappa shape index (κ2) is 4.99. The van der Waals surface area contributed by atoms with E-state index >= 15 is 0 Å². The summed E-state index contributed by atoms with van der Waals surface area (Å²) in [6.07, 6.45) is 6.07. The van der Waals surface area contributed by atoms with E-state index in [4.69, 9.17) is 4.74 Å². The molecule has 5 rings (SSSR count). The number of nitrogens with zero attached hydrogens (tertiary/aromatic N) is 1. The first kappa shape index (κ1) is 17.3. The van der Waals surface area contributed by atoms with Crippen molar-refractivity contribution < 1.29 is 24.5 Å². The van der Waals surface area contributed by atoms with Gasteiger partial charge in [-0.25, -0.2) is 0 Å². The van der Waals surface area contributed by atoms with Crippen molar-refractivity contribution in [2.75, 3.05) is 13.6 Å². The number of aliphatic hydroxyl groups excluding tert-OH is 1. The Morgan fingerprint density at radius 3 is 2.67 bits per heavy atom. The summed E-state index contributed by atoms with van der Waals surface area (Å²) in [5, 5.41) is 22.2. The van der Waals surface area contributed by atoms with Crippen molar-refractivity contribution in [1.82, 2.24) is 4.90 Å². The molecule has 0 aromatic carbocycles. The third-order valence-corrected chi connectivity index (χ3v) is 7.80. The Labute approximate surface area is 158 Å². The number of rotatable bonds is 2. The molecule has 1 saturated carbocycles. The van der Waals surface area contributed by atoms with Crippen LogP contribution >= 0.6 is 0 Å². The number of piperidine rings is 1. The van der Waals surface area contributed by atoms with Gasteiger partial charge < -0.3 is 19.8 Å². The van der Waals surface area contributed by atoms with Crippen molar-refractivity contribution >= 4 is 11.6 Å². The number of carbonyl (C=O) groups is 2. The van der Waals surface area contributed by atoms with Gasteiger partial charge >= 0.3 is 0 Å². The van der Waals surface area contributed by atoms with Gasteiger partial charge in [-0.05, 0) is 45.9 Å². The van der Waals surface area contributed by atoms with Gasteiger partial charge in [0.15, 0.2) is 17.2 Å².